The molecule has 8 heterocycles. The predicted octanol–water partition coefficient (Wildman–Crippen LogP) is 12.0. The van der Waals surface area contributed by atoms with Crippen LogP contribution in [0.25, 0.3) is 42.3 Å². The third-order valence-corrected chi connectivity index (χ3v) is 13.0. The van der Waals surface area contributed by atoms with Crippen molar-refractivity contribution in [3.8, 4) is 26.9 Å². The normalized spacial score (nSPS) is 11.3. The second kappa shape index (κ2) is 24.6. The second-order valence-corrected chi connectivity index (χ2v) is 16.2. The first-order valence-corrected chi connectivity index (χ1v) is 24.6. The van der Waals surface area contributed by atoms with Crippen LogP contribution in [0.4, 0.5) is 17.8 Å². The van der Waals surface area contributed by atoms with Crippen molar-refractivity contribution in [2.24, 2.45) is 0 Å². The highest BCUT2D eigenvalue weighted by Gasteiger charge is 2.25. The topological polar surface area (TPSA) is 161 Å². The summed E-state index contributed by atoms with van der Waals surface area (Å²) in [6.07, 6.45) is 8.41. The highest BCUT2D eigenvalue weighted by Crippen LogP contribution is 2.43. The van der Waals surface area contributed by atoms with E-state index < -0.39 is 0 Å². The summed E-state index contributed by atoms with van der Waals surface area (Å²) in [6, 6.07) is 4.08. The number of thiazole rings is 3. The molecule has 7 aromatic rings. The summed E-state index contributed by atoms with van der Waals surface area (Å²) in [4.78, 5) is 43.9. The van der Waals surface area contributed by atoms with Crippen LogP contribution >= 0.6 is 45.8 Å². The van der Waals surface area contributed by atoms with Gasteiger partial charge in [0.15, 0.2) is 5.75 Å². The van der Waals surface area contributed by atoms with Crippen molar-refractivity contribution in [3.05, 3.63) is 57.1 Å². The van der Waals surface area contributed by atoms with Crippen molar-refractivity contribution >= 4 is 84.7 Å². The Bertz CT molecular complexity index is 2290. The first-order valence-electron chi connectivity index (χ1n) is 21.2. The average Bonchev–Trinajstić information content (AvgIpc) is 4.06. The predicted molar refractivity (Wildman–Crippen MR) is 258 cm³/mol. The average molecular weight is 889 g/mol. The van der Waals surface area contributed by atoms with E-state index in [-0.39, 0.29) is 0 Å². The molecule has 3 N–H and O–H groups in total. The van der Waals surface area contributed by atoms with E-state index in [0.717, 1.165) is 108 Å². The lowest BCUT2D eigenvalue weighted by atomic mass is 10.2. The molecular weight excluding hydrogens is 829 g/mol. The van der Waals surface area contributed by atoms with Crippen LogP contribution in [0.15, 0.2) is 35.6 Å². The number of hydrogen-bond donors (Lipinski definition) is 3. The summed E-state index contributed by atoms with van der Waals surface area (Å²) < 4.78 is 6.79. The van der Waals surface area contributed by atoms with Gasteiger partial charge >= 0.3 is 0 Å². The Hall–Kier alpha value is -4.58. The highest BCUT2D eigenvalue weighted by molar-refractivity contribution is 7.98. The minimum Gasteiger partial charge on any atom is -0.483 e. The first-order chi connectivity index (χ1) is 29.4. The van der Waals surface area contributed by atoms with Gasteiger partial charge in [0.2, 0.25) is 17.8 Å². The van der Waals surface area contributed by atoms with Gasteiger partial charge in [0.1, 0.15) is 18.0 Å². The Balaban J connectivity index is 0.000000187. The number of aromatic nitrogens is 9. The summed E-state index contributed by atoms with van der Waals surface area (Å²) in [6.45, 7) is 27.5. The highest BCUT2D eigenvalue weighted by atomic mass is 32.2. The molecule has 0 unspecified atom stereocenters. The fourth-order valence-corrected chi connectivity index (χ4v) is 9.74. The lowest BCUT2D eigenvalue weighted by Gasteiger charge is -2.15. The molecule has 6 aromatic heterocycles. The molecule has 60 heavy (non-hydrogen) atoms. The van der Waals surface area contributed by atoms with Crippen LogP contribution in [0, 0.1) is 0 Å². The van der Waals surface area contributed by atoms with Gasteiger partial charge in [-0.1, -0.05) is 62.3 Å². The fourth-order valence-electron chi connectivity index (χ4n) is 5.65. The van der Waals surface area contributed by atoms with Crippen molar-refractivity contribution in [1.29, 1.82) is 0 Å². The molecule has 2 aliphatic rings. The summed E-state index contributed by atoms with van der Waals surface area (Å²) in [5.74, 6) is 3.71. The van der Waals surface area contributed by atoms with E-state index in [1.807, 2.05) is 86.8 Å². The quantitative estimate of drug-likeness (QED) is 0.126. The van der Waals surface area contributed by atoms with Crippen molar-refractivity contribution in [3.63, 3.8) is 0 Å². The molecule has 0 saturated carbocycles. The van der Waals surface area contributed by atoms with Gasteiger partial charge in [0.25, 0.3) is 0 Å². The van der Waals surface area contributed by atoms with E-state index in [1.165, 1.54) is 15.6 Å². The van der Waals surface area contributed by atoms with Gasteiger partial charge < -0.3 is 20.7 Å². The monoisotopic (exact) mass is 888 g/mol. The first kappa shape index (κ1) is 48.1. The van der Waals surface area contributed by atoms with E-state index >= 15 is 0 Å². The smallest absolute Gasteiger partial charge is 0.223 e. The number of anilines is 3. The lowest BCUT2D eigenvalue weighted by Crippen LogP contribution is -2.09. The molecule has 2 aliphatic heterocycles. The Labute approximate surface area is 371 Å². The Morgan fingerprint density at radius 2 is 1.10 bits per heavy atom. The molecule has 9 rings (SSSR count). The molecule has 0 fully saturated rings. The van der Waals surface area contributed by atoms with Crippen molar-refractivity contribution in [2.75, 3.05) is 35.6 Å². The van der Waals surface area contributed by atoms with Gasteiger partial charge in [-0.15, -0.1) is 45.8 Å². The molecule has 0 aliphatic carbocycles. The van der Waals surface area contributed by atoms with Gasteiger partial charge in [0, 0.05) is 43.2 Å². The zero-order chi connectivity index (χ0) is 43.6. The summed E-state index contributed by atoms with van der Waals surface area (Å²) in [7, 11) is 0. The number of hydrogen-bond acceptors (Lipinski definition) is 17. The summed E-state index contributed by atoms with van der Waals surface area (Å²) >= 11 is 6.96. The molecule has 17 heteroatoms. The number of aryl methyl sites for hydroxylation is 3. The second-order valence-electron chi connectivity index (χ2n) is 12.0. The Morgan fingerprint density at radius 3 is 1.72 bits per heavy atom. The van der Waals surface area contributed by atoms with Gasteiger partial charge in [0.05, 0.1) is 63.0 Å². The van der Waals surface area contributed by atoms with E-state index in [2.05, 4.69) is 81.6 Å². The molecule has 0 spiro atoms. The van der Waals surface area contributed by atoms with Crippen LogP contribution in [0.2, 0.25) is 0 Å². The zero-order valence-electron chi connectivity index (χ0n) is 37.1. The summed E-state index contributed by atoms with van der Waals surface area (Å²) in [5, 5.41) is 14.0. The van der Waals surface area contributed by atoms with Crippen LogP contribution in [-0.2, 0) is 31.6 Å². The number of thioether (sulfide) groups is 1. The fraction of sp³-hybridized carbons (Fsp3) is 0.465. The molecule has 0 amide bonds. The van der Waals surface area contributed by atoms with Crippen LogP contribution in [0.3, 0.4) is 0 Å². The third kappa shape index (κ3) is 11.6. The van der Waals surface area contributed by atoms with E-state index in [4.69, 9.17) is 4.74 Å². The van der Waals surface area contributed by atoms with Crippen LogP contribution < -0.4 is 20.7 Å². The summed E-state index contributed by atoms with van der Waals surface area (Å²) in [5.41, 5.74) is 6.10. The lowest BCUT2D eigenvalue weighted by molar-refractivity contribution is 0.295. The Morgan fingerprint density at radius 1 is 0.567 bits per heavy atom. The van der Waals surface area contributed by atoms with Crippen LogP contribution in [-0.4, -0.2) is 64.5 Å². The van der Waals surface area contributed by atoms with Gasteiger partial charge in [-0.25, -0.2) is 44.9 Å². The molecule has 0 radical (unpaired) electrons. The van der Waals surface area contributed by atoms with E-state index in [1.54, 1.807) is 52.0 Å². The maximum atomic E-state index is 5.63. The van der Waals surface area contributed by atoms with Gasteiger partial charge in [-0.05, 0) is 52.2 Å². The van der Waals surface area contributed by atoms with Gasteiger partial charge in [-0.2, -0.15) is 0 Å². The molecular formula is C43H60N12OS4. The molecule has 1 aromatic carbocycles. The van der Waals surface area contributed by atoms with E-state index in [0.29, 0.717) is 24.5 Å². The number of fused-ring (bicyclic) bond motifs is 9. The minimum absolute atomic E-state index is 0.517. The van der Waals surface area contributed by atoms with Crippen molar-refractivity contribution in [2.45, 2.75) is 120 Å². The van der Waals surface area contributed by atoms with Gasteiger partial charge in [-0.3, -0.25) is 0 Å². The SMILES string of the molecule is CC.CC.CC.CCNc1ncc2c(n1)-c1sc(CC)nc1CO2.CCNc1ncc2c(n1)-c1sc(CC)nc1CS2.CCNc1ncc2ccc3nc(CC)sc3c2n1. The number of benzene rings is 1. The van der Waals surface area contributed by atoms with Crippen molar-refractivity contribution in [1.82, 2.24) is 44.9 Å². The van der Waals surface area contributed by atoms with Crippen LogP contribution in [0.1, 0.15) is 109 Å². The van der Waals surface area contributed by atoms with E-state index in [9.17, 15) is 0 Å². The number of nitrogens with zero attached hydrogens (tertiary/aromatic N) is 9. The number of ether oxygens (including phenoxy) is 1. The molecule has 13 nitrogen and oxygen atoms in total. The number of nitrogens with one attached hydrogen (secondary N) is 3. The van der Waals surface area contributed by atoms with Crippen LogP contribution in [0.5, 0.6) is 5.75 Å². The zero-order valence-corrected chi connectivity index (χ0v) is 40.4. The maximum Gasteiger partial charge on any atom is 0.223 e. The standard InChI is InChI=1S/C13H14N4S.C12H14N4OS.C12H14N4S2.3C2H6/c1-3-10-16-9-6-5-8-7-15-13(14-4-2)17-11(8)12(9)18-10;2*1-3-9-15-7-6-17-8-5-14-12(13-4-2)16-10(8)11(7)18-9;3*1-2/h5-7H,3-4H2,1-2H3,(H,14,15,17);2*5H,3-4,6H2,1-2H3,(H,13,14,16);3*1-2H3. The number of rotatable bonds is 9. The molecule has 0 atom stereocenters. The van der Waals surface area contributed by atoms with Crippen molar-refractivity contribution < 1.29 is 4.74 Å². The molecule has 322 valence electrons. The third-order valence-electron chi connectivity index (χ3n) is 8.22. The Kier molecular flexibility index (Phi) is 19.7. The molecule has 0 bridgehead atoms. The maximum absolute atomic E-state index is 5.63. The largest absolute Gasteiger partial charge is 0.483 e. The molecule has 0 saturated heterocycles. The minimum atomic E-state index is 0.517.